The Hall–Kier alpha value is -4.92. The summed E-state index contributed by atoms with van der Waals surface area (Å²) in [5.74, 6) is -1.15. The molecule has 7 atom stereocenters. The lowest BCUT2D eigenvalue weighted by atomic mass is 9.79. The lowest BCUT2D eigenvalue weighted by Gasteiger charge is -2.36. The number of ether oxygens (including phenoxy) is 3. The smallest absolute Gasteiger partial charge is 0.360 e. The van der Waals surface area contributed by atoms with E-state index in [2.05, 4.69) is 9.97 Å². The molecule has 4 bridgehead atoms. The largest absolute Gasteiger partial charge is 0.457 e. The molecule has 13 nitrogen and oxygen atoms in total. The summed E-state index contributed by atoms with van der Waals surface area (Å²) in [5, 5.41) is 42.9. The summed E-state index contributed by atoms with van der Waals surface area (Å²) in [4.78, 5) is 35.0. The van der Waals surface area contributed by atoms with Crippen molar-refractivity contribution < 1.29 is 53.1 Å². The number of carbonyl (C=O) groups is 2. The molecule has 3 heterocycles. The van der Waals surface area contributed by atoms with Crippen molar-refractivity contribution in [2.75, 3.05) is 7.11 Å². The number of hydrogen-bond acceptors (Lipinski definition) is 13. The molecule has 3 rings (SSSR count). The first-order valence-corrected chi connectivity index (χ1v) is 18.5. The van der Waals surface area contributed by atoms with E-state index in [0.29, 0.717) is 0 Å². The number of cyclic esters (lactones) is 2. The van der Waals surface area contributed by atoms with Crippen LogP contribution >= 0.6 is 0 Å². The third-order valence-corrected chi connectivity index (χ3v) is 9.44. The number of carbonyl (C=O) groups excluding carboxylic acids is 2. The van der Waals surface area contributed by atoms with Gasteiger partial charge in [0.15, 0.2) is 17.3 Å². The highest BCUT2D eigenvalue weighted by Gasteiger charge is 2.39. The first-order chi connectivity index (χ1) is 26.6. The van der Waals surface area contributed by atoms with Gasteiger partial charge in [0, 0.05) is 36.9 Å². The van der Waals surface area contributed by atoms with Crippen molar-refractivity contribution in [2.24, 2.45) is 10.8 Å². The number of aromatic nitrogens is 2. The van der Waals surface area contributed by atoms with Gasteiger partial charge < -0.3 is 43.5 Å². The summed E-state index contributed by atoms with van der Waals surface area (Å²) in [5.41, 5.74) is -1.97. The normalized spacial score (nSPS) is 27.4. The van der Waals surface area contributed by atoms with Crippen LogP contribution in [-0.2, 0) is 20.6 Å². The minimum Gasteiger partial charge on any atom is -0.457 e. The highest BCUT2D eigenvalue weighted by molar-refractivity contribution is 5.87. The van der Waals surface area contributed by atoms with E-state index in [1.807, 2.05) is 6.08 Å². The number of rotatable bonds is 7. The third-order valence-electron chi connectivity index (χ3n) is 9.44. The fourth-order valence-corrected chi connectivity index (χ4v) is 5.47. The Morgan fingerprint density at radius 1 is 0.732 bits per heavy atom. The minimum absolute atomic E-state index is 0.0613. The average Bonchev–Trinajstić information content (AvgIpc) is 3.84. The van der Waals surface area contributed by atoms with Gasteiger partial charge in [-0.15, -0.1) is 0 Å². The van der Waals surface area contributed by atoms with Crippen molar-refractivity contribution in [2.45, 2.75) is 104 Å². The quantitative estimate of drug-likeness (QED) is 0.183. The van der Waals surface area contributed by atoms with Gasteiger partial charge in [-0.05, 0) is 13.8 Å². The average molecular weight is 777 g/mol. The van der Waals surface area contributed by atoms with Crippen LogP contribution in [0.5, 0.6) is 0 Å². The Labute approximate surface area is 328 Å². The molecule has 7 unspecified atom stereocenters. The molecule has 304 valence electrons. The molecule has 0 saturated heterocycles. The lowest BCUT2D eigenvalue weighted by Crippen LogP contribution is -2.42. The molecule has 0 spiro atoms. The highest BCUT2D eigenvalue weighted by Crippen LogP contribution is 2.33. The molecule has 2 aromatic heterocycles. The SMILES string of the molecule is C/C=C/C(O)C(C)(C)C1C\C=C/C=C\C=C/C(OC)Cc2nc(co2)C(=O)OC(C(C)(C)C(O)/C=C/C)C/C=C\C(O)C(O)/C=C\C=C/c2nc(co2)C(=O)O1. The van der Waals surface area contributed by atoms with Gasteiger partial charge in [0.2, 0.25) is 5.89 Å². The van der Waals surface area contributed by atoms with Crippen molar-refractivity contribution >= 4 is 18.0 Å². The van der Waals surface area contributed by atoms with Gasteiger partial charge >= 0.3 is 11.9 Å². The number of aliphatic hydroxyl groups is 4. The summed E-state index contributed by atoms with van der Waals surface area (Å²) in [6.07, 6.45) is 22.5. The van der Waals surface area contributed by atoms with E-state index >= 15 is 0 Å². The molecular formula is C43H56N2O11. The number of esters is 2. The maximum absolute atomic E-state index is 13.3. The first-order valence-electron chi connectivity index (χ1n) is 18.5. The van der Waals surface area contributed by atoms with E-state index in [0.717, 1.165) is 0 Å². The summed E-state index contributed by atoms with van der Waals surface area (Å²) >= 11 is 0. The summed E-state index contributed by atoms with van der Waals surface area (Å²) in [6.45, 7) is 10.7. The monoisotopic (exact) mass is 776 g/mol. The van der Waals surface area contributed by atoms with Crippen molar-refractivity contribution in [3.63, 3.8) is 0 Å². The highest BCUT2D eigenvalue weighted by atomic mass is 16.6. The number of allylic oxidation sites excluding steroid dienone is 8. The molecule has 1 aliphatic rings. The van der Waals surface area contributed by atoms with Crippen molar-refractivity contribution in [1.82, 2.24) is 9.97 Å². The van der Waals surface area contributed by atoms with Crippen LogP contribution in [0.2, 0.25) is 0 Å². The number of oxazole rings is 2. The lowest BCUT2D eigenvalue weighted by molar-refractivity contribution is -0.0462. The first kappa shape index (κ1) is 45.5. The summed E-state index contributed by atoms with van der Waals surface area (Å²) in [6, 6.07) is 0. The molecule has 0 aromatic carbocycles. The molecule has 4 N–H and O–H groups in total. The Bertz CT molecular complexity index is 1790. The van der Waals surface area contributed by atoms with Crippen LogP contribution < -0.4 is 0 Å². The Morgan fingerprint density at radius 2 is 1.27 bits per heavy atom. The molecule has 0 fully saturated rings. The van der Waals surface area contributed by atoms with Crippen LogP contribution in [-0.4, -0.2) is 92.2 Å². The molecule has 0 saturated carbocycles. The number of fused-ring (bicyclic) bond motifs is 4. The standard InChI is InChI=1S/C43H56N2O11/c1-8-18-34(48)42(3,4)36-23-14-12-10-11-13-20-29(52-7)26-39-45-31(28-54-39)41(51)56-37(43(5,6)35(49)19-9-2)24-17-22-33(47)32(46)21-15-16-25-38-44-30(27-53-38)40(50)55-36/h8-22,25,27-29,32-37,46-49H,23-24,26H2,1-7H3/b11-10-,14-12-,18-8+,19-9+,20-13-,21-15-,22-17-,25-16-. The topological polar surface area (TPSA) is 195 Å². The van der Waals surface area contributed by atoms with Gasteiger partial charge in [0.1, 0.15) is 36.9 Å². The second-order valence-corrected chi connectivity index (χ2v) is 14.4. The van der Waals surface area contributed by atoms with Crippen LogP contribution in [0.15, 0.2) is 113 Å². The number of methoxy groups -OCH3 is 1. The van der Waals surface area contributed by atoms with Crippen LogP contribution in [0, 0.1) is 10.8 Å². The summed E-state index contributed by atoms with van der Waals surface area (Å²) < 4.78 is 28.3. The van der Waals surface area contributed by atoms with E-state index in [1.54, 1.807) is 102 Å². The van der Waals surface area contributed by atoms with Crippen LogP contribution in [0.25, 0.3) is 6.08 Å². The fourth-order valence-electron chi connectivity index (χ4n) is 5.47. The van der Waals surface area contributed by atoms with Crippen molar-refractivity contribution in [3.05, 3.63) is 127 Å². The van der Waals surface area contributed by atoms with Crippen molar-refractivity contribution in [1.29, 1.82) is 0 Å². The van der Waals surface area contributed by atoms with Crippen LogP contribution in [0.4, 0.5) is 0 Å². The molecule has 0 amide bonds. The predicted molar refractivity (Wildman–Crippen MR) is 211 cm³/mol. The van der Waals surface area contributed by atoms with Gasteiger partial charge in [-0.2, -0.15) is 0 Å². The van der Waals surface area contributed by atoms with Gasteiger partial charge in [-0.3, -0.25) is 0 Å². The molecule has 1 aliphatic heterocycles. The van der Waals surface area contributed by atoms with Gasteiger partial charge in [-0.1, -0.05) is 119 Å². The number of nitrogens with zero attached hydrogens (tertiary/aromatic N) is 2. The van der Waals surface area contributed by atoms with Crippen LogP contribution in [0.3, 0.4) is 0 Å². The number of hydrogen-bond donors (Lipinski definition) is 4. The molecule has 2 aromatic rings. The van der Waals surface area contributed by atoms with E-state index < -0.39 is 65.5 Å². The van der Waals surface area contributed by atoms with Crippen LogP contribution in [0.1, 0.15) is 87.1 Å². The van der Waals surface area contributed by atoms with Gasteiger partial charge in [-0.25, -0.2) is 19.6 Å². The van der Waals surface area contributed by atoms with Gasteiger partial charge in [0.25, 0.3) is 0 Å². The van der Waals surface area contributed by atoms with E-state index in [4.69, 9.17) is 23.0 Å². The minimum atomic E-state index is -1.32. The molecule has 13 heteroatoms. The molecule has 0 aliphatic carbocycles. The molecule has 0 radical (unpaired) electrons. The Balaban J connectivity index is 1.93. The second kappa shape index (κ2) is 22.0. The van der Waals surface area contributed by atoms with Gasteiger partial charge in [0.05, 0.1) is 24.7 Å². The third kappa shape index (κ3) is 13.4. The maximum Gasteiger partial charge on any atom is 0.360 e. The zero-order valence-corrected chi connectivity index (χ0v) is 33.1. The van der Waals surface area contributed by atoms with Crippen molar-refractivity contribution in [3.8, 4) is 0 Å². The van der Waals surface area contributed by atoms with E-state index in [9.17, 15) is 30.0 Å². The zero-order chi connectivity index (χ0) is 41.3. The maximum atomic E-state index is 13.3. The zero-order valence-electron chi connectivity index (χ0n) is 33.1. The Kier molecular flexibility index (Phi) is 17.8. The van der Waals surface area contributed by atoms with E-state index in [1.165, 1.54) is 50.0 Å². The van der Waals surface area contributed by atoms with E-state index in [-0.39, 0.29) is 42.4 Å². The fraction of sp³-hybridized carbons (Fsp3) is 0.442. The Morgan fingerprint density at radius 3 is 1.88 bits per heavy atom. The molecular weight excluding hydrogens is 720 g/mol. The number of aliphatic hydroxyl groups excluding tert-OH is 4. The predicted octanol–water partition coefficient (Wildman–Crippen LogP) is 6.21. The summed E-state index contributed by atoms with van der Waals surface area (Å²) in [7, 11) is 1.53. The second-order valence-electron chi connectivity index (χ2n) is 14.4. The molecule has 56 heavy (non-hydrogen) atoms.